The third kappa shape index (κ3) is 4.52. The van der Waals surface area contributed by atoms with Crippen LogP contribution in [0.25, 0.3) is 17.3 Å². The number of aromatic nitrogens is 1. The van der Waals surface area contributed by atoms with Gasteiger partial charge in [0.15, 0.2) is 11.4 Å². The van der Waals surface area contributed by atoms with Crippen LogP contribution in [0.2, 0.25) is 0 Å². The lowest BCUT2D eigenvalue weighted by Gasteiger charge is -2.01. The quantitative estimate of drug-likeness (QED) is 0.543. The van der Waals surface area contributed by atoms with E-state index in [-0.39, 0.29) is 0 Å². The summed E-state index contributed by atoms with van der Waals surface area (Å²) in [4.78, 5) is 3.34. The normalized spacial score (nSPS) is 15.2. The van der Waals surface area contributed by atoms with Crippen molar-refractivity contribution < 1.29 is 13.1 Å². The summed E-state index contributed by atoms with van der Waals surface area (Å²) in [6.07, 6.45) is 3.58. The van der Waals surface area contributed by atoms with Gasteiger partial charge in [0, 0.05) is 35.5 Å². The van der Waals surface area contributed by atoms with Crippen LogP contribution in [0.4, 0.5) is 8.63 Å². The number of aromatic amines is 1. The zero-order chi connectivity index (χ0) is 20.8. The molecule has 2 aromatic rings. The van der Waals surface area contributed by atoms with Crippen LogP contribution in [0.15, 0.2) is 53.2 Å². The summed E-state index contributed by atoms with van der Waals surface area (Å²) >= 11 is 0. The van der Waals surface area contributed by atoms with Gasteiger partial charge >= 0.3 is 7.40 Å². The first-order chi connectivity index (χ1) is 13.4. The number of nitrogens with one attached hydrogen (secondary N) is 1. The predicted octanol–water partition coefficient (Wildman–Crippen LogP) is 6.88. The lowest BCUT2D eigenvalue weighted by molar-refractivity contribution is -0.342. The third-order valence-corrected chi connectivity index (χ3v) is 4.95. The van der Waals surface area contributed by atoms with E-state index in [4.69, 9.17) is 0 Å². The maximum absolute atomic E-state index is 13.7. The molecule has 0 aliphatic carbocycles. The van der Waals surface area contributed by atoms with Gasteiger partial charge in [-0.2, -0.15) is 0 Å². The van der Waals surface area contributed by atoms with E-state index in [0.717, 1.165) is 45.4 Å². The molecule has 0 bridgehead atoms. The predicted molar refractivity (Wildman–Crippen MR) is 117 cm³/mol. The molecule has 0 amide bonds. The standard InChI is InChI=1S/C21H23BF2N2.C2H6/c1-5-6-19-15(3)21(26(16(19)4)22(23)24)13-18-11-12-20(25-18)17-9-7-14(2)8-10-17;1-2/h7-13H,5-6H2,1-4H3;1-2H3/p+1. The van der Waals surface area contributed by atoms with Gasteiger partial charge in [-0.1, -0.05) is 57.0 Å². The van der Waals surface area contributed by atoms with Crippen LogP contribution in [0, 0.1) is 6.92 Å². The van der Waals surface area contributed by atoms with Gasteiger partial charge in [0.2, 0.25) is 0 Å². The molecule has 1 aromatic heterocycles. The molecule has 0 atom stereocenters. The molecule has 0 saturated heterocycles. The lowest BCUT2D eigenvalue weighted by Crippen LogP contribution is -2.24. The van der Waals surface area contributed by atoms with Crippen LogP contribution in [0.5, 0.6) is 0 Å². The number of benzene rings is 1. The highest BCUT2D eigenvalue weighted by molar-refractivity contribution is 6.35. The molecular formula is C23H30BF2N2+. The Bertz CT molecular complexity index is 903. The van der Waals surface area contributed by atoms with Gasteiger partial charge in [0.1, 0.15) is 0 Å². The number of nitrogens with zero attached hydrogens (tertiary/aromatic N) is 1. The highest BCUT2D eigenvalue weighted by atomic mass is 19.2. The Balaban J connectivity index is 0.00000136. The van der Waals surface area contributed by atoms with Gasteiger partial charge < -0.3 is 4.98 Å². The van der Waals surface area contributed by atoms with Crippen molar-refractivity contribution in [3.8, 4) is 11.3 Å². The van der Waals surface area contributed by atoms with Gasteiger partial charge in [-0.15, -0.1) is 0 Å². The Hall–Kier alpha value is -2.43. The number of hydrogen-bond donors (Lipinski definition) is 1. The van der Waals surface area contributed by atoms with Crippen LogP contribution in [-0.2, 0) is 0 Å². The molecule has 0 spiro atoms. The van der Waals surface area contributed by atoms with Crippen LogP contribution in [0.3, 0.4) is 0 Å². The molecule has 1 aromatic carbocycles. The number of aryl methyl sites for hydroxylation is 1. The molecule has 1 aliphatic heterocycles. The largest absolute Gasteiger partial charge is 0.934 e. The molecule has 0 radical (unpaired) electrons. The second-order valence-corrected chi connectivity index (χ2v) is 6.81. The Kier molecular flexibility index (Phi) is 7.56. The maximum atomic E-state index is 13.7. The average molecular weight is 383 g/mol. The number of hydrogen-bond acceptors (Lipinski definition) is 0. The van der Waals surface area contributed by atoms with Gasteiger partial charge in [-0.25, -0.2) is 13.1 Å². The highest BCUT2D eigenvalue weighted by Gasteiger charge is 2.45. The van der Waals surface area contributed by atoms with E-state index in [1.807, 2.05) is 39.0 Å². The summed E-state index contributed by atoms with van der Waals surface area (Å²) < 4.78 is 28.5. The van der Waals surface area contributed by atoms with E-state index in [1.165, 1.54) is 5.56 Å². The topological polar surface area (TPSA) is 18.8 Å². The molecule has 0 unspecified atom stereocenters. The Morgan fingerprint density at radius 2 is 1.64 bits per heavy atom. The molecule has 0 fully saturated rings. The van der Waals surface area contributed by atoms with Crippen molar-refractivity contribution in [2.45, 2.75) is 54.4 Å². The van der Waals surface area contributed by atoms with Gasteiger partial charge in [0.25, 0.3) is 0 Å². The van der Waals surface area contributed by atoms with Crippen molar-refractivity contribution in [2.75, 3.05) is 0 Å². The van der Waals surface area contributed by atoms with Crippen molar-refractivity contribution in [1.29, 1.82) is 0 Å². The average Bonchev–Trinajstić information content (AvgIpc) is 3.23. The molecule has 3 rings (SSSR count). The second-order valence-electron chi connectivity index (χ2n) is 6.81. The number of rotatable bonds is 5. The molecule has 1 aliphatic rings. The molecule has 148 valence electrons. The summed E-state index contributed by atoms with van der Waals surface area (Å²) in [5, 5.41) is 0. The van der Waals surface area contributed by atoms with Crippen LogP contribution in [-0.4, -0.2) is 22.6 Å². The smallest absolute Gasteiger partial charge is 0.355 e. The number of halogens is 2. The molecule has 1 N–H and O–H groups in total. The fourth-order valence-electron chi connectivity index (χ4n) is 3.53. The van der Waals surface area contributed by atoms with E-state index in [2.05, 4.69) is 43.1 Å². The van der Waals surface area contributed by atoms with Gasteiger partial charge in [-0.3, -0.25) is 0 Å². The highest BCUT2D eigenvalue weighted by Crippen LogP contribution is 2.31. The fraction of sp³-hybridized carbons (Fsp3) is 0.348. The van der Waals surface area contributed by atoms with Crippen molar-refractivity contribution in [2.24, 2.45) is 0 Å². The number of allylic oxidation sites excluding steroid dienone is 2. The summed E-state index contributed by atoms with van der Waals surface area (Å²) in [7, 11) is -2.54. The lowest BCUT2D eigenvalue weighted by atomic mass is 10.0. The summed E-state index contributed by atoms with van der Waals surface area (Å²) in [5.41, 5.74) is 7.31. The molecule has 2 heterocycles. The Morgan fingerprint density at radius 1 is 1.00 bits per heavy atom. The molecular weight excluding hydrogens is 353 g/mol. The first-order valence-corrected chi connectivity index (χ1v) is 10.0. The van der Waals surface area contributed by atoms with E-state index in [0.29, 0.717) is 11.4 Å². The summed E-state index contributed by atoms with van der Waals surface area (Å²) in [6, 6.07) is 12.2. The van der Waals surface area contributed by atoms with Gasteiger partial charge in [0.05, 0.1) is 0 Å². The maximum Gasteiger partial charge on any atom is 0.934 e. The van der Waals surface area contributed by atoms with Crippen LogP contribution >= 0.6 is 0 Å². The zero-order valence-corrected chi connectivity index (χ0v) is 17.7. The minimum atomic E-state index is -2.54. The third-order valence-electron chi connectivity index (χ3n) is 4.95. The molecule has 5 heteroatoms. The monoisotopic (exact) mass is 383 g/mol. The van der Waals surface area contributed by atoms with E-state index in [9.17, 15) is 8.63 Å². The Labute approximate surface area is 167 Å². The van der Waals surface area contributed by atoms with E-state index < -0.39 is 7.40 Å². The minimum absolute atomic E-state index is 0.582. The van der Waals surface area contributed by atoms with Crippen molar-refractivity contribution >= 4 is 19.2 Å². The van der Waals surface area contributed by atoms with Gasteiger partial charge in [-0.05, 0) is 38.0 Å². The van der Waals surface area contributed by atoms with E-state index in [1.54, 1.807) is 6.92 Å². The van der Waals surface area contributed by atoms with Crippen LogP contribution in [0.1, 0.15) is 58.7 Å². The second kappa shape index (κ2) is 9.67. The van der Waals surface area contributed by atoms with Crippen molar-refractivity contribution in [1.82, 2.24) is 4.98 Å². The summed E-state index contributed by atoms with van der Waals surface area (Å²) in [5.74, 6) is 0. The minimum Gasteiger partial charge on any atom is -0.355 e. The molecule has 2 nitrogen and oxygen atoms in total. The first-order valence-electron chi connectivity index (χ1n) is 10.0. The molecule has 28 heavy (non-hydrogen) atoms. The molecule has 0 saturated carbocycles. The van der Waals surface area contributed by atoms with E-state index >= 15 is 0 Å². The summed E-state index contributed by atoms with van der Waals surface area (Å²) in [6.45, 7) is 11.8. The Morgan fingerprint density at radius 3 is 2.21 bits per heavy atom. The zero-order valence-electron chi connectivity index (χ0n) is 17.7. The first kappa shape index (κ1) is 21.9. The van der Waals surface area contributed by atoms with Crippen molar-refractivity contribution in [3.05, 3.63) is 64.5 Å². The fourth-order valence-corrected chi connectivity index (χ4v) is 3.53. The number of H-pyrrole nitrogens is 1. The van der Waals surface area contributed by atoms with Crippen LogP contribution < -0.4 is 0 Å². The van der Waals surface area contributed by atoms with Crippen molar-refractivity contribution in [3.63, 3.8) is 0 Å². The SMILES string of the molecule is CC.CCCC1=C(C)/C(=C/c2ccc(-c3ccc(C)cc3)[nH]2)[N+](B(F)F)=C1C.